The molecule has 3 rings (SSSR count). The average Bonchev–Trinajstić information content (AvgIpc) is 2.94. The van der Waals surface area contributed by atoms with Crippen LogP contribution in [-0.4, -0.2) is 11.6 Å². The lowest BCUT2D eigenvalue weighted by molar-refractivity contribution is -0.118. The van der Waals surface area contributed by atoms with Crippen LogP contribution in [0.1, 0.15) is 17.7 Å². The first kappa shape index (κ1) is 11.2. The Labute approximate surface area is 109 Å². The van der Waals surface area contributed by atoms with E-state index in [1.54, 1.807) is 11.3 Å². The molecule has 90 valence electrons. The Morgan fingerprint density at radius 2 is 1.89 bits per heavy atom. The highest BCUT2D eigenvalue weighted by Gasteiger charge is 2.22. The zero-order valence-corrected chi connectivity index (χ0v) is 10.6. The average molecular weight is 256 g/mol. The van der Waals surface area contributed by atoms with Crippen molar-refractivity contribution < 1.29 is 4.79 Å². The minimum Gasteiger partial charge on any atom is -0.273 e. The number of hydrogen-bond donors (Lipinski definition) is 0. The van der Waals surface area contributed by atoms with Crippen LogP contribution in [0.5, 0.6) is 0 Å². The summed E-state index contributed by atoms with van der Waals surface area (Å²) in [7, 11) is 0. The van der Waals surface area contributed by atoms with Gasteiger partial charge in [-0.15, -0.1) is 11.3 Å². The molecule has 0 radical (unpaired) electrons. The molecule has 0 N–H and O–H groups in total. The number of carbonyl (C=O) groups excluding carboxylic acids is 1. The van der Waals surface area contributed by atoms with Crippen molar-refractivity contribution in [3.8, 4) is 0 Å². The summed E-state index contributed by atoms with van der Waals surface area (Å²) in [6.45, 7) is 0. The molecule has 1 aromatic heterocycles. The van der Waals surface area contributed by atoms with Gasteiger partial charge in [0, 0.05) is 12.8 Å². The van der Waals surface area contributed by atoms with Crippen molar-refractivity contribution in [2.45, 2.75) is 12.8 Å². The zero-order valence-electron chi connectivity index (χ0n) is 9.74. The Morgan fingerprint density at radius 3 is 2.61 bits per heavy atom. The van der Waals surface area contributed by atoms with Gasteiger partial charge in [-0.3, -0.25) is 4.79 Å². The highest BCUT2D eigenvalue weighted by atomic mass is 32.1. The van der Waals surface area contributed by atoms with Crippen LogP contribution in [0, 0.1) is 0 Å². The van der Waals surface area contributed by atoms with Gasteiger partial charge < -0.3 is 0 Å². The van der Waals surface area contributed by atoms with Crippen LogP contribution < -0.4 is 5.01 Å². The van der Waals surface area contributed by atoms with Crippen molar-refractivity contribution in [1.29, 1.82) is 0 Å². The molecule has 2 aromatic rings. The lowest BCUT2D eigenvalue weighted by Gasteiger charge is -2.23. The monoisotopic (exact) mass is 256 g/mol. The summed E-state index contributed by atoms with van der Waals surface area (Å²) in [4.78, 5) is 13.1. The predicted molar refractivity (Wildman–Crippen MR) is 74.0 cm³/mol. The molecular formula is C14H12N2OS. The Hall–Kier alpha value is -1.94. The molecule has 1 aliphatic heterocycles. The molecule has 0 bridgehead atoms. The minimum absolute atomic E-state index is 0.0570. The van der Waals surface area contributed by atoms with Crippen molar-refractivity contribution in [2.75, 3.05) is 5.01 Å². The maximum absolute atomic E-state index is 11.9. The zero-order chi connectivity index (χ0) is 12.4. The second-order valence-corrected chi connectivity index (χ2v) is 5.01. The van der Waals surface area contributed by atoms with E-state index in [-0.39, 0.29) is 5.91 Å². The highest BCUT2D eigenvalue weighted by Crippen LogP contribution is 2.23. The summed E-state index contributed by atoms with van der Waals surface area (Å²) in [6.07, 6.45) is 1.24. The fourth-order valence-electron chi connectivity index (χ4n) is 1.94. The molecule has 0 atom stereocenters. The van der Waals surface area contributed by atoms with Gasteiger partial charge in [-0.1, -0.05) is 24.3 Å². The van der Waals surface area contributed by atoms with E-state index in [9.17, 15) is 4.79 Å². The van der Waals surface area contributed by atoms with Gasteiger partial charge in [-0.2, -0.15) is 5.10 Å². The van der Waals surface area contributed by atoms with E-state index < -0.39 is 0 Å². The number of thiophene rings is 1. The molecule has 1 amide bonds. The van der Waals surface area contributed by atoms with Crippen molar-refractivity contribution >= 4 is 28.6 Å². The fraction of sp³-hybridized carbons (Fsp3) is 0.143. The number of rotatable bonds is 2. The van der Waals surface area contributed by atoms with Crippen LogP contribution in [0.2, 0.25) is 0 Å². The Bertz CT molecular complexity index is 575. The molecule has 0 fully saturated rings. The third-order valence-electron chi connectivity index (χ3n) is 2.84. The quantitative estimate of drug-likeness (QED) is 0.811. The van der Waals surface area contributed by atoms with Gasteiger partial charge in [0.25, 0.3) is 0 Å². The molecule has 4 heteroatoms. The van der Waals surface area contributed by atoms with E-state index in [1.807, 2.05) is 47.8 Å². The summed E-state index contributed by atoms with van der Waals surface area (Å²) in [5, 5.41) is 8.03. The van der Waals surface area contributed by atoms with Gasteiger partial charge in [0.15, 0.2) is 0 Å². The Balaban J connectivity index is 1.98. The molecule has 0 aliphatic carbocycles. The van der Waals surface area contributed by atoms with E-state index >= 15 is 0 Å². The molecule has 0 unspecified atom stereocenters. The second-order valence-electron chi connectivity index (χ2n) is 4.07. The largest absolute Gasteiger partial charge is 0.273 e. The molecule has 0 spiro atoms. The Morgan fingerprint density at radius 1 is 1.06 bits per heavy atom. The van der Waals surface area contributed by atoms with Crippen LogP contribution in [0.3, 0.4) is 0 Å². The summed E-state index contributed by atoms with van der Waals surface area (Å²) in [5.41, 5.74) is 1.82. The van der Waals surface area contributed by atoms with E-state index in [0.717, 1.165) is 22.7 Å². The van der Waals surface area contributed by atoms with Gasteiger partial charge >= 0.3 is 0 Å². The molecular weight excluding hydrogens is 244 g/mol. The number of anilines is 1. The SMILES string of the molecule is O=C1CCC(c2cccs2)=NN1c1ccccc1. The minimum atomic E-state index is 0.0570. The third kappa shape index (κ3) is 2.07. The van der Waals surface area contributed by atoms with Gasteiger partial charge in [0.05, 0.1) is 16.3 Å². The summed E-state index contributed by atoms with van der Waals surface area (Å²) in [6, 6.07) is 13.6. The Kier molecular flexibility index (Phi) is 2.94. The van der Waals surface area contributed by atoms with E-state index in [1.165, 1.54) is 5.01 Å². The van der Waals surface area contributed by atoms with Crippen LogP contribution in [0.25, 0.3) is 0 Å². The van der Waals surface area contributed by atoms with E-state index in [4.69, 9.17) is 0 Å². The van der Waals surface area contributed by atoms with Crippen LogP contribution in [0.15, 0.2) is 52.9 Å². The summed E-state index contributed by atoms with van der Waals surface area (Å²) >= 11 is 1.66. The standard InChI is InChI=1S/C14H12N2OS/c17-14-9-8-12(13-7-4-10-18-13)15-16(14)11-5-2-1-3-6-11/h1-7,10H,8-9H2. The molecule has 18 heavy (non-hydrogen) atoms. The molecule has 3 nitrogen and oxygen atoms in total. The number of hydrogen-bond acceptors (Lipinski definition) is 3. The maximum atomic E-state index is 11.9. The number of benzene rings is 1. The van der Waals surface area contributed by atoms with Crippen molar-refractivity contribution in [1.82, 2.24) is 0 Å². The molecule has 1 aliphatic rings. The second kappa shape index (κ2) is 4.74. The van der Waals surface area contributed by atoms with Gasteiger partial charge in [0.1, 0.15) is 0 Å². The fourth-order valence-corrected chi connectivity index (χ4v) is 2.68. The predicted octanol–water partition coefficient (Wildman–Crippen LogP) is 3.28. The van der Waals surface area contributed by atoms with Crippen LogP contribution in [0.4, 0.5) is 5.69 Å². The number of para-hydroxylation sites is 1. The maximum Gasteiger partial charge on any atom is 0.247 e. The first-order valence-corrected chi connectivity index (χ1v) is 6.72. The molecule has 0 saturated heterocycles. The van der Waals surface area contributed by atoms with Crippen molar-refractivity contribution in [2.24, 2.45) is 5.10 Å². The van der Waals surface area contributed by atoms with Crippen molar-refractivity contribution in [3.05, 3.63) is 52.7 Å². The molecule has 0 saturated carbocycles. The van der Waals surface area contributed by atoms with Crippen LogP contribution >= 0.6 is 11.3 Å². The topological polar surface area (TPSA) is 32.7 Å². The normalized spacial score (nSPS) is 15.7. The first-order chi connectivity index (χ1) is 8.84. The number of amides is 1. The van der Waals surface area contributed by atoms with Crippen molar-refractivity contribution in [3.63, 3.8) is 0 Å². The third-order valence-corrected chi connectivity index (χ3v) is 3.76. The number of nitrogens with zero attached hydrogens (tertiary/aromatic N) is 2. The smallest absolute Gasteiger partial charge is 0.247 e. The van der Waals surface area contributed by atoms with E-state index in [0.29, 0.717) is 6.42 Å². The number of carbonyl (C=O) groups is 1. The summed E-state index contributed by atoms with van der Waals surface area (Å²) in [5.74, 6) is 0.0570. The molecule has 1 aromatic carbocycles. The van der Waals surface area contributed by atoms with Gasteiger partial charge in [-0.25, -0.2) is 5.01 Å². The van der Waals surface area contributed by atoms with Crippen LogP contribution in [-0.2, 0) is 4.79 Å². The molecule has 2 heterocycles. The van der Waals surface area contributed by atoms with Gasteiger partial charge in [0.2, 0.25) is 5.91 Å². The summed E-state index contributed by atoms with van der Waals surface area (Å²) < 4.78 is 0. The number of hydrazone groups is 1. The lowest BCUT2D eigenvalue weighted by atomic mass is 10.1. The first-order valence-electron chi connectivity index (χ1n) is 5.84. The van der Waals surface area contributed by atoms with Gasteiger partial charge in [-0.05, 0) is 23.6 Å². The van der Waals surface area contributed by atoms with E-state index in [2.05, 4.69) is 5.10 Å². The highest BCUT2D eigenvalue weighted by molar-refractivity contribution is 7.12. The lowest BCUT2D eigenvalue weighted by Crippen LogP contribution is -2.31.